The maximum Gasteiger partial charge on any atom is 0.345 e. The molecular weight excluding hydrogens is 246 g/mol. The van der Waals surface area contributed by atoms with Crippen LogP contribution in [0.4, 0.5) is 5.69 Å². The highest BCUT2D eigenvalue weighted by Gasteiger charge is 2.23. The molecule has 1 rings (SSSR count). The third-order valence-electron chi connectivity index (χ3n) is 2.87. The van der Waals surface area contributed by atoms with Crippen molar-refractivity contribution in [1.82, 2.24) is 0 Å². The molecule has 0 aromatic heterocycles. The minimum atomic E-state index is -0.619. The quantitative estimate of drug-likeness (QED) is 0.326. The Morgan fingerprint density at radius 3 is 2.68 bits per heavy atom. The zero-order valence-electron chi connectivity index (χ0n) is 11.3. The van der Waals surface area contributed by atoms with Crippen LogP contribution in [0, 0.1) is 17.0 Å². The van der Waals surface area contributed by atoms with Gasteiger partial charge >= 0.3 is 5.97 Å². The molecule has 0 amide bonds. The van der Waals surface area contributed by atoms with Crippen LogP contribution in [0.1, 0.15) is 48.5 Å². The minimum Gasteiger partial charge on any atom is -0.462 e. The van der Waals surface area contributed by atoms with E-state index in [4.69, 9.17) is 4.74 Å². The Morgan fingerprint density at radius 2 is 2.05 bits per heavy atom. The molecule has 0 saturated carbocycles. The summed E-state index contributed by atoms with van der Waals surface area (Å²) in [6, 6.07) is 4.66. The first-order chi connectivity index (χ1) is 9.07. The molecule has 0 bridgehead atoms. The van der Waals surface area contributed by atoms with Gasteiger partial charge in [-0.15, -0.1) is 0 Å². The van der Waals surface area contributed by atoms with Crippen molar-refractivity contribution in [2.24, 2.45) is 0 Å². The number of esters is 1. The lowest BCUT2D eigenvalue weighted by Crippen LogP contribution is -2.10. The number of nitro groups is 1. The standard InChI is InChI=1S/C14H19NO4/c1-3-4-5-6-10-19-14(16)12-9-7-8-11(2)13(12)15(17)18/h7-9H,3-6,10H2,1-2H3. The van der Waals surface area contributed by atoms with E-state index in [1.807, 2.05) is 0 Å². The van der Waals surface area contributed by atoms with Crippen LogP contribution in [0.3, 0.4) is 0 Å². The van der Waals surface area contributed by atoms with Crippen LogP contribution < -0.4 is 0 Å². The molecule has 0 spiro atoms. The number of benzene rings is 1. The molecule has 19 heavy (non-hydrogen) atoms. The smallest absolute Gasteiger partial charge is 0.345 e. The van der Waals surface area contributed by atoms with Gasteiger partial charge in [-0.05, 0) is 19.4 Å². The summed E-state index contributed by atoms with van der Waals surface area (Å²) in [5.41, 5.74) is 0.326. The maximum absolute atomic E-state index is 11.8. The van der Waals surface area contributed by atoms with E-state index in [9.17, 15) is 14.9 Å². The number of aryl methyl sites for hydroxylation is 1. The van der Waals surface area contributed by atoms with Crippen molar-refractivity contribution in [3.8, 4) is 0 Å². The average molecular weight is 265 g/mol. The molecule has 0 aliphatic heterocycles. The maximum atomic E-state index is 11.8. The molecule has 0 aliphatic carbocycles. The van der Waals surface area contributed by atoms with E-state index in [1.54, 1.807) is 19.1 Å². The summed E-state index contributed by atoms with van der Waals surface area (Å²) in [5.74, 6) is -0.619. The number of nitro benzene ring substituents is 1. The summed E-state index contributed by atoms with van der Waals surface area (Å²) in [7, 11) is 0. The van der Waals surface area contributed by atoms with E-state index in [0.29, 0.717) is 12.2 Å². The summed E-state index contributed by atoms with van der Waals surface area (Å²) in [4.78, 5) is 22.2. The van der Waals surface area contributed by atoms with E-state index < -0.39 is 10.9 Å². The predicted octanol–water partition coefficient (Wildman–Crippen LogP) is 3.64. The second-order valence-corrected chi connectivity index (χ2v) is 4.42. The Bertz CT molecular complexity index is 457. The van der Waals surface area contributed by atoms with Crippen LogP contribution in [0.2, 0.25) is 0 Å². The molecule has 1 aromatic rings. The molecule has 5 nitrogen and oxygen atoms in total. The Balaban J connectivity index is 2.67. The van der Waals surface area contributed by atoms with E-state index in [-0.39, 0.29) is 11.3 Å². The fourth-order valence-electron chi connectivity index (χ4n) is 1.84. The van der Waals surface area contributed by atoms with Gasteiger partial charge < -0.3 is 4.74 Å². The van der Waals surface area contributed by atoms with E-state index in [2.05, 4.69) is 6.92 Å². The Morgan fingerprint density at radius 1 is 1.32 bits per heavy atom. The number of nitrogens with zero attached hydrogens (tertiary/aromatic N) is 1. The lowest BCUT2D eigenvalue weighted by molar-refractivity contribution is -0.385. The van der Waals surface area contributed by atoms with Crippen LogP contribution in [-0.2, 0) is 4.74 Å². The summed E-state index contributed by atoms with van der Waals surface area (Å²) in [6.07, 6.45) is 4.00. The lowest BCUT2D eigenvalue weighted by Gasteiger charge is -2.06. The van der Waals surface area contributed by atoms with Gasteiger partial charge in [0, 0.05) is 5.56 Å². The third-order valence-corrected chi connectivity index (χ3v) is 2.87. The van der Waals surface area contributed by atoms with Crippen molar-refractivity contribution in [1.29, 1.82) is 0 Å². The normalized spacial score (nSPS) is 10.2. The van der Waals surface area contributed by atoms with Crippen molar-refractivity contribution in [3.05, 3.63) is 39.4 Å². The van der Waals surface area contributed by atoms with Crippen LogP contribution in [0.25, 0.3) is 0 Å². The fourth-order valence-corrected chi connectivity index (χ4v) is 1.84. The number of unbranched alkanes of at least 4 members (excludes halogenated alkanes) is 3. The molecule has 0 unspecified atom stereocenters. The Hall–Kier alpha value is -1.91. The molecule has 0 atom stereocenters. The largest absolute Gasteiger partial charge is 0.462 e. The summed E-state index contributed by atoms with van der Waals surface area (Å²) in [5, 5.41) is 11.0. The summed E-state index contributed by atoms with van der Waals surface area (Å²) in [6.45, 7) is 4.02. The Labute approximate surface area is 112 Å². The van der Waals surface area contributed by atoms with Gasteiger partial charge in [-0.1, -0.05) is 38.3 Å². The first kappa shape index (κ1) is 15.1. The lowest BCUT2D eigenvalue weighted by atomic mass is 10.1. The second kappa shape index (κ2) is 7.51. The molecule has 5 heteroatoms. The molecule has 0 saturated heterocycles. The molecule has 0 aliphatic rings. The van der Waals surface area contributed by atoms with Crippen molar-refractivity contribution in [2.75, 3.05) is 6.61 Å². The average Bonchev–Trinajstić information content (AvgIpc) is 2.37. The molecule has 0 heterocycles. The van der Waals surface area contributed by atoms with Crippen molar-refractivity contribution < 1.29 is 14.5 Å². The van der Waals surface area contributed by atoms with Gasteiger partial charge in [0.25, 0.3) is 5.69 Å². The SMILES string of the molecule is CCCCCCOC(=O)c1cccc(C)c1[N+](=O)[O-]. The van der Waals surface area contributed by atoms with Gasteiger partial charge in [-0.3, -0.25) is 10.1 Å². The van der Waals surface area contributed by atoms with Gasteiger partial charge in [0.2, 0.25) is 0 Å². The number of ether oxygens (including phenoxy) is 1. The number of hydrogen-bond acceptors (Lipinski definition) is 4. The van der Waals surface area contributed by atoms with Crippen LogP contribution in [0.15, 0.2) is 18.2 Å². The first-order valence-corrected chi connectivity index (χ1v) is 6.49. The number of hydrogen-bond donors (Lipinski definition) is 0. The monoisotopic (exact) mass is 265 g/mol. The predicted molar refractivity (Wildman–Crippen MR) is 72.3 cm³/mol. The van der Waals surface area contributed by atoms with Gasteiger partial charge in [0.15, 0.2) is 0 Å². The van der Waals surface area contributed by atoms with E-state index in [1.165, 1.54) is 6.07 Å². The highest BCUT2D eigenvalue weighted by Crippen LogP contribution is 2.23. The van der Waals surface area contributed by atoms with Crippen molar-refractivity contribution in [3.63, 3.8) is 0 Å². The molecule has 0 radical (unpaired) electrons. The third kappa shape index (κ3) is 4.35. The van der Waals surface area contributed by atoms with Gasteiger partial charge in [-0.25, -0.2) is 4.79 Å². The highest BCUT2D eigenvalue weighted by atomic mass is 16.6. The fraction of sp³-hybridized carbons (Fsp3) is 0.500. The van der Waals surface area contributed by atoms with Gasteiger partial charge in [-0.2, -0.15) is 0 Å². The van der Waals surface area contributed by atoms with Crippen LogP contribution >= 0.6 is 0 Å². The second-order valence-electron chi connectivity index (χ2n) is 4.42. The summed E-state index contributed by atoms with van der Waals surface area (Å²) >= 11 is 0. The van der Waals surface area contributed by atoms with Crippen molar-refractivity contribution >= 4 is 11.7 Å². The highest BCUT2D eigenvalue weighted by molar-refractivity contribution is 5.94. The molecule has 104 valence electrons. The first-order valence-electron chi connectivity index (χ1n) is 6.49. The van der Waals surface area contributed by atoms with Gasteiger partial charge in [0.05, 0.1) is 11.5 Å². The minimum absolute atomic E-state index is 0.0282. The van der Waals surface area contributed by atoms with Crippen LogP contribution in [-0.4, -0.2) is 17.5 Å². The number of carbonyl (C=O) groups is 1. The number of carbonyl (C=O) groups excluding carboxylic acids is 1. The van der Waals surface area contributed by atoms with Crippen molar-refractivity contribution in [2.45, 2.75) is 39.5 Å². The van der Waals surface area contributed by atoms with E-state index >= 15 is 0 Å². The van der Waals surface area contributed by atoms with Crippen LogP contribution in [0.5, 0.6) is 0 Å². The number of rotatable bonds is 7. The molecule has 1 aromatic carbocycles. The molecule has 0 fully saturated rings. The van der Waals surface area contributed by atoms with Gasteiger partial charge in [0.1, 0.15) is 5.56 Å². The summed E-state index contributed by atoms with van der Waals surface area (Å²) < 4.78 is 5.08. The zero-order chi connectivity index (χ0) is 14.3. The molecular formula is C14H19NO4. The number of para-hydroxylation sites is 1. The molecule has 0 N–H and O–H groups in total. The Kier molecular flexibility index (Phi) is 5.99. The zero-order valence-corrected chi connectivity index (χ0v) is 11.3. The topological polar surface area (TPSA) is 69.4 Å². The van der Waals surface area contributed by atoms with E-state index in [0.717, 1.165) is 25.7 Å².